The zero-order valence-electron chi connectivity index (χ0n) is 12.2. The summed E-state index contributed by atoms with van der Waals surface area (Å²) in [6, 6.07) is 6.76. The summed E-state index contributed by atoms with van der Waals surface area (Å²) in [6.45, 7) is 6.60. The second-order valence-electron chi connectivity index (χ2n) is 5.21. The highest BCUT2D eigenvalue weighted by Crippen LogP contribution is 2.16. The van der Waals surface area contributed by atoms with E-state index in [1.165, 1.54) is 0 Å². The number of benzene rings is 1. The lowest BCUT2D eigenvalue weighted by atomic mass is 10.1. The lowest BCUT2D eigenvalue weighted by Crippen LogP contribution is -2.23. The van der Waals surface area contributed by atoms with Crippen molar-refractivity contribution in [1.82, 2.24) is 0 Å². The van der Waals surface area contributed by atoms with Crippen LogP contribution in [0.3, 0.4) is 0 Å². The highest BCUT2D eigenvalue weighted by Gasteiger charge is 2.17. The molecule has 0 spiro atoms. The molecule has 1 rings (SSSR count). The van der Waals surface area contributed by atoms with Crippen LogP contribution in [0, 0.1) is 0 Å². The van der Waals surface area contributed by atoms with E-state index < -0.39 is 5.60 Å². The molecule has 0 amide bonds. The molecule has 0 radical (unpaired) electrons. The fourth-order valence-corrected chi connectivity index (χ4v) is 1.41. The number of hydrogen-bond donors (Lipinski definition) is 1. The Labute approximate surface area is 119 Å². The van der Waals surface area contributed by atoms with Crippen molar-refractivity contribution < 1.29 is 24.1 Å². The molecule has 0 heterocycles. The van der Waals surface area contributed by atoms with Gasteiger partial charge in [0.15, 0.2) is 0 Å². The summed E-state index contributed by atoms with van der Waals surface area (Å²) in [7, 11) is 0. The number of esters is 1. The lowest BCUT2D eigenvalue weighted by molar-refractivity contribution is 0.00695. The zero-order valence-corrected chi connectivity index (χ0v) is 12.2. The van der Waals surface area contributed by atoms with Crippen molar-refractivity contribution in [2.45, 2.75) is 26.4 Å². The van der Waals surface area contributed by atoms with Crippen molar-refractivity contribution >= 4 is 5.97 Å². The summed E-state index contributed by atoms with van der Waals surface area (Å²) in [4.78, 5) is 11.8. The van der Waals surface area contributed by atoms with Gasteiger partial charge in [-0.05, 0) is 45.0 Å². The highest BCUT2D eigenvalue weighted by atomic mass is 16.6. The van der Waals surface area contributed by atoms with E-state index in [1.807, 2.05) is 20.8 Å². The Bertz CT molecular complexity index is 405. The maximum atomic E-state index is 11.8. The molecular formula is C15H22O5. The van der Waals surface area contributed by atoms with Gasteiger partial charge in [-0.3, -0.25) is 0 Å². The molecule has 0 aliphatic heterocycles. The molecule has 0 bridgehead atoms. The Morgan fingerprint density at radius 2 is 1.75 bits per heavy atom. The van der Waals surface area contributed by atoms with Gasteiger partial charge in [0.2, 0.25) is 0 Å². The predicted molar refractivity (Wildman–Crippen MR) is 75.0 cm³/mol. The Hall–Kier alpha value is -1.59. The van der Waals surface area contributed by atoms with Crippen LogP contribution in [0.5, 0.6) is 5.75 Å². The maximum Gasteiger partial charge on any atom is 0.338 e. The van der Waals surface area contributed by atoms with Crippen molar-refractivity contribution in [1.29, 1.82) is 0 Å². The first kappa shape index (κ1) is 16.5. The van der Waals surface area contributed by atoms with Gasteiger partial charge in [0, 0.05) is 0 Å². The first-order valence-corrected chi connectivity index (χ1v) is 6.57. The van der Waals surface area contributed by atoms with Gasteiger partial charge in [0.1, 0.15) is 18.0 Å². The van der Waals surface area contributed by atoms with E-state index in [1.54, 1.807) is 24.3 Å². The van der Waals surface area contributed by atoms with Crippen LogP contribution in [0.15, 0.2) is 24.3 Å². The molecule has 1 aromatic rings. The molecule has 0 aromatic heterocycles. The minimum atomic E-state index is -0.504. The van der Waals surface area contributed by atoms with E-state index in [2.05, 4.69) is 0 Å². The smallest absolute Gasteiger partial charge is 0.338 e. The van der Waals surface area contributed by atoms with Crippen LogP contribution in [0.25, 0.3) is 0 Å². The van der Waals surface area contributed by atoms with Gasteiger partial charge in [-0.25, -0.2) is 4.79 Å². The molecule has 5 nitrogen and oxygen atoms in total. The van der Waals surface area contributed by atoms with E-state index in [-0.39, 0.29) is 12.6 Å². The lowest BCUT2D eigenvalue weighted by Gasteiger charge is -2.19. The zero-order chi connectivity index (χ0) is 15.0. The monoisotopic (exact) mass is 282 g/mol. The third-order valence-electron chi connectivity index (χ3n) is 2.22. The maximum absolute atomic E-state index is 11.8. The molecule has 0 aliphatic rings. The number of aliphatic hydroxyl groups excluding tert-OH is 1. The third-order valence-corrected chi connectivity index (χ3v) is 2.22. The summed E-state index contributed by atoms with van der Waals surface area (Å²) >= 11 is 0. The number of rotatable bonds is 7. The molecule has 0 saturated carbocycles. The van der Waals surface area contributed by atoms with Gasteiger partial charge >= 0.3 is 5.97 Å². The van der Waals surface area contributed by atoms with E-state index in [0.29, 0.717) is 31.1 Å². The second-order valence-corrected chi connectivity index (χ2v) is 5.21. The molecular weight excluding hydrogens is 260 g/mol. The molecule has 20 heavy (non-hydrogen) atoms. The highest BCUT2D eigenvalue weighted by molar-refractivity contribution is 5.89. The number of hydrogen-bond acceptors (Lipinski definition) is 5. The van der Waals surface area contributed by atoms with Crippen LogP contribution in [0.4, 0.5) is 0 Å². The Morgan fingerprint density at radius 1 is 1.10 bits per heavy atom. The summed E-state index contributed by atoms with van der Waals surface area (Å²) < 4.78 is 15.8. The van der Waals surface area contributed by atoms with Crippen LogP contribution < -0.4 is 4.74 Å². The first-order chi connectivity index (χ1) is 9.42. The van der Waals surface area contributed by atoms with E-state index in [0.717, 1.165) is 0 Å². The predicted octanol–water partition coefficient (Wildman–Crippen LogP) is 2.03. The van der Waals surface area contributed by atoms with Crippen molar-refractivity contribution in [3.05, 3.63) is 29.8 Å². The van der Waals surface area contributed by atoms with Gasteiger partial charge < -0.3 is 19.3 Å². The minimum absolute atomic E-state index is 0.00455. The minimum Gasteiger partial charge on any atom is -0.491 e. The summed E-state index contributed by atoms with van der Waals surface area (Å²) in [5, 5.41) is 8.54. The van der Waals surface area contributed by atoms with Gasteiger partial charge in [-0.1, -0.05) is 0 Å². The molecule has 0 fully saturated rings. The van der Waals surface area contributed by atoms with E-state index in [4.69, 9.17) is 19.3 Å². The molecule has 1 N–H and O–H groups in total. The van der Waals surface area contributed by atoms with Gasteiger partial charge in [0.05, 0.1) is 25.4 Å². The number of ether oxygens (including phenoxy) is 3. The molecule has 0 aliphatic carbocycles. The van der Waals surface area contributed by atoms with Crippen molar-refractivity contribution in [2.75, 3.05) is 26.4 Å². The quantitative estimate of drug-likeness (QED) is 0.612. The molecule has 112 valence electrons. The molecule has 1 aromatic carbocycles. The summed E-state index contributed by atoms with van der Waals surface area (Å²) in [5.41, 5.74) is -0.0140. The molecule has 0 unspecified atom stereocenters. The molecule has 0 saturated heterocycles. The van der Waals surface area contributed by atoms with Crippen molar-refractivity contribution in [3.63, 3.8) is 0 Å². The second kappa shape index (κ2) is 7.87. The van der Waals surface area contributed by atoms with Gasteiger partial charge in [-0.15, -0.1) is 0 Å². The summed E-state index contributed by atoms with van der Waals surface area (Å²) in [6.07, 6.45) is 0. The van der Waals surface area contributed by atoms with E-state index in [9.17, 15) is 4.79 Å². The van der Waals surface area contributed by atoms with Crippen LogP contribution >= 0.6 is 0 Å². The average Bonchev–Trinajstić information content (AvgIpc) is 2.37. The Morgan fingerprint density at radius 3 is 2.30 bits per heavy atom. The van der Waals surface area contributed by atoms with Crippen LogP contribution in [0.2, 0.25) is 0 Å². The number of aliphatic hydroxyl groups is 1. The Balaban J connectivity index is 2.42. The van der Waals surface area contributed by atoms with Crippen LogP contribution in [-0.4, -0.2) is 43.1 Å². The van der Waals surface area contributed by atoms with Crippen LogP contribution in [-0.2, 0) is 9.47 Å². The normalized spacial score (nSPS) is 11.2. The fraction of sp³-hybridized carbons (Fsp3) is 0.533. The van der Waals surface area contributed by atoms with Crippen molar-refractivity contribution in [3.8, 4) is 5.75 Å². The third kappa shape index (κ3) is 6.54. The average molecular weight is 282 g/mol. The number of carbonyl (C=O) groups excluding carboxylic acids is 1. The fourth-order valence-electron chi connectivity index (χ4n) is 1.41. The first-order valence-electron chi connectivity index (χ1n) is 6.57. The summed E-state index contributed by atoms with van der Waals surface area (Å²) in [5.74, 6) is 0.306. The van der Waals surface area contributed by atoms with Gasteiger partial charge in [-0.2, -0.15) is 0 Å². The van der Waals surface area contributed by atoms with Gasteiger partial charge in [0.25, 0.3) is 0 Å². The molecule has 0 atom stereocenters. The SMILES string of the molecule is CC(C)(C)OC(=O)c1ccc(OCCOCCO)cc1. The van der Waals surface area contributed by atoms with Crippen molar-refractivity contribution in [2.24, 2.45) is 0 Å². The largest absolute Gasteiger partial charge is 0.491 e. The topological polar surface area (TPSA) is 65.0 Å². The Kier molecular flexibility index (Phi) is 6.48. The number of carbonyl (C=O) groups is 1. The standard InChI is InChI=1S/C15H22O5/c1-15(2,3)20-14(17)12-4-6-13(7-5-12)19-11-10-18-9-8-16/h4-7,16H,8-11H2,1-3H3. The van der Waals surface area contributed by atoms with E-state index >= 15 is 0 Å². The van der Waals surface area contributed by atoms with Crippen LogP contribution in [0.1, 0.15) is 31.1 Å². The molecule has 5 heteroatoms.